The number of aromatic nitrogens is 2. The van der Waals surface area contributed by atoms with Crippen LogP contribution in [0.2, 0.25) is 0 Å². The molecule has 9 heteroatoms. The fourth-order valence-corrected chi connectivity index (χ4v) is 4.97. The summed E-state index contributed by atoms with van der Waals surface area (Å²) in [4.78, 5) is 28.6. The normalized spacial score (nSPS) is 17.8. The smallest absolute Gasteiger partial charge is 0.254 e. The Labute approximate surface area is 202 Å². The number of hydrogen-bond acceptors (Lipinski definition) is 7. The summed E-state index contributed by atoms with van der Waals surface area (Å²) in [6, 6.07) is 12.1. The molecule has 2 amide bonds. The van der Waals surface area contributed by atoms with Crippen molar-refractivity contribution in [2.45, 2.75) is 38.1 Å². The zero-order valence-electron chi connectivity index (χ0n) is 20.1. The molecule has 178 valence electrons. The number of anilines is 1. The summed E-state index contributed by atoms with van der Waals surface area (Å²) >= 11 is 1.35. The van der Waals surface area contributed by atoms with Crippen LogP contribution in [-0.2, 0) is 10.2 Å². The molecule has 0 saturated carbocycles. The fourth-order valence-electron chi connectivity index (χ4n) is 4.17. The van der Waals surface area contributed by atoms with Crippen molar-refractivity contribution in [3.05, 3.63) is 64.2 Å². The van der Waals surface area contributed by atoms with Gasteiger partial charge in [0.25, 0.3) is 5.91 Å². The van der Waals surface area contributed by atoms with Crippen LogP contribution in [0, 0.1) is 0 Å². The molecule has 1 N–H and O–H groups in total. The summed E-state index contributed by atoms with van der Waals surface area (Å²) < 4.78 is 10.8. The van der Waals surface area contributed by atoms with Gasteiger partial charge in [-0.05, 0) is 29.3 Å². The highest BCUT2D eigenvalue weighted by Gasteiger charge is 2.43. The van der Waals surface area contributed by atoms with Gasteiger partial charge < -0.3 is 14.4 Å². The summed E-state index contributed by atoms with van der Waals surface area (Å²) in [5, 5.41) is 12.6. The van der Waals surface area contributed by atoms with Gasteiger partial charge in [-0.2, -0.15) is 0 Å². The molecule has 1 aliphatic heterocycles. The molecule has 0 fully saturated rings. The van der Waals surface area contributed by atoms with E-state index < -0.39 is 12.0 Å². The van der Waals surface area contributed by atoms with Gasteiger partial charge in [0.15, 0.2) is 11.5 Å². The van der Waals surface area contributed by atoms with Crippen molar-refractivity contribution in [1.82, 2.24) is 15.1 Å². The largest absolute Gasteiger partial charge is 0.493 e. The molecular formula is C25H28N4O4S. The first-order chi connectivity index (χ1) is 16.2. The molecule has 4 rings (SSSR count). The van der Waals surface area contributed by atoms with Gasteiger partial charge in [-0.3, -0.25) is 14.9 Å². The van der Waals surface area contributed by atoms with Crippen LogP contribution in [0.3, 0.4) is 0 Å². The summed E-state index contributed by atoms with van der Waals surface area (Å²) in [5.74, 6) is 0.0198. The third-order valence-electron chi connectivity index (χ3n) is 5.91. The standard InChI is InChI=1S/C25H28N4O4S/c1-25(2,3)23-27-28-24(34-23)26-21(30)19-15-9-7-8-10-16(15)22(31)29(4)20(19)14-11-12-17(32-5)18(13-14)33-6/h7-13,19-20H,1-6H3,(H,26,28,30). The number of fused-ring (bicyclic) bond motifs is 1. The molecule has 8 nitrogen and oxygen atoms in total. The Morgan fingerprint density at radius 1 is 1.06 bits per heavy atom. The van der Waals surface area contributed by atoms with Crippen LogP contribution < -0.4 is 14.8 Å². The van der Waals surface area contributed by atoms with Gasteiger partial charge in [-0.1, -0.05) is 56.4 Å². The fraction of sp³-hybridized carbons (Fsp3) is 0.360. The number of carbonyl (C=O) groups excluding carboxylic acids is 2. The number of benzene rings is 2. The first-order valence-electron chi connectivity index (χ1n) is 10.9. The maximum atomic E-state index is 13.7. The van der Waals surface area contributed by atoms with E-state index in [0.29, 0.717) is 27.8 Å². The number of carbonyl (C=O) groups is 2. The second-order valence-electron chi connectivity index (χ2n) is 9.19. The minimum Gasteiger partial charge on any atom is -0.493 e. The van der Waals surface area contributed by atoms with Crippen LogP contribution in [0.25, 0.3) is 0 Å². The zero-order valence-corrected chi connectivity index (χ0v) is 20.9. The van der Waals surface area contributed by atoms with Gasteiger partial charge >= 0.3 is 0 Å². The molecule has 0 radical (unpaired) electrons. The van der Waals surface area contributed by atoms with E-state index in [0.717, 1.165) is 10.6 Å². The van der Waals surface area contributed by atoms with E-state index in [1.54, 1.807) is 44.4 Å². The van der Waals surface area contributed by atoms with Crippen molar-refractivity contribution >= 4 is 28.3 Å². The lowest BCUT2D eigenvalue weighted by atomic mass is 9.79. The number of rotatable bonds is 5. The number of ether oxygens (including phenoxy) is 2. The summed E-state index contributed by atoms with van der Waals surface area (Å²) in [6.07, 6.45) is 0. The van der Waals surface area contributed by atoms with E-state index in [9.17, 15) is 9.59 Å². The molecule has 2 atom stereocenters. The third-order valence-corrected chi connectivity index (χ3v) is 7.17. The topological polar surface area (TPSA) is 93.7 Å². The van der Waals surface area contributed by atoms with Crippen LogP contribution in [0.15, 0.2) is 42.5 Å². The number of hydrogen-bond donors (Lipinski definition) is 1. The van der Waals surface area contributed by atoms with Crippen molar-refractivity contribution in [1.29, 1.82) is 0 Å². The number of likely N-dealkylation sites (N-methyl/N-ethyl adjacent to an activating group) is 1. The van der Waals surface area contributed by atoms with Gasteiger partial charge in [-0.25, -0.2) is 0 Å². The molecule has 2 heterocycles. The molecule has 3 aromatic rings. The molecule has 0 saturated heterocycles. The monoisotopic (exact) mass is 480 g/mol. The Bertz CT molecular complexity index is 1230. The number of nitrogens with one attached hydrogen (secondary N) is 1. The first kappa shape index (κ1) is 23.7. The SMILES string of the molecule is COc1ccc(C2C(C(=O)Nc3nnc(C(C)(C)C)s3)c3ccccc3C(=O)N2C)cc1OC. The van der Waals surface area contributed by atoms with Crippen molar-refractivity contribution in [2.24, 2.45) is 0 Å². The minimum absolute atomic E-state index is 0.148. The Kier molecular flexibility index (Phi) is 6.31. The van der Waals surface area contributed by atoms with Gasteiger partial charge in [-0.15, -0.1) is 10.2 Å². The molecule has 0 spiro atoms. The lowest BCUT2D eigenvalue weighted by molar-refractivity contribution is -0.119. The molecule has 0 aliphatic carbocycles. The van der Waals surface area contributed by atoms with Crippen LogP contribution in [0.4, 0.5) is 5.13 Å². The third kappa shape index (κ3) is 4.23. The number of amides is 2. The van der Waals surface area contributed by atoms with Crippen LogP contribution in [0.5, 0.6) is 11.5 Å². The van der Waals surface area contributed by atoms with Crippen molar-refractivity contribution in [3.8, 4) is 11.5 Å². The number of nitrogens with zero attached hydrogens (tertiary/aromatic N) is 3. The van der Waals surface area contributed by atoms with E-state index in [1.807, 2.05) is 45.0 Å². The average molecular weight is 481 g/mol. The van der Waals surface area contributed by atoms with Crippen LogP contribution in [0.1, 0.15) is 59.2 Å². The minimum atomic E-state index is -0.668. The second-order valence-corrected chi connectivity index (χ2v) is 10.2. The molecule has 34 heavy (non-hydrogen) atoms. The Morgan fingerprint density at radius 3 is 2.41 bits per heavy atom. The van der Waals surface area contributed by atoms with Crippen molar-refractivity contribution < 1.29 is 19.1 Å². The molecule has 2 aromatic carbocycles. The quantitative estimate of drug-likeness (QED) is 0.582. The molecule has 1 aliphatic rings. The summed E-state index contributed by atoms with van der Waals surface area (Å²) in [7, 11) is 4.83. The van der Waals surface area contributed by atoms with Crippen LogP contribution >= 0.6 is 11.3 Å². The average Bonchev–Trinajstić information content (AvgIpc) is 3.29. The van der Waals surface area contributed by atoms with E-state index in [1.165, 1.54) is 11.3 Å². The van der Waals surface area contributed by atoms with E-state index in [2.05, 4.69) is 15.5 Å². The summed E-state index contributed by atoms with van der Waals surface area (Å²) in [6.45, 7) is 6.14. The maximum Gasteiger partial charge on any atom is 0.254 e. The molecule has 0 bridgehead atoms. The molecule has 1 aromatic heterocycles. The van der Waals surface area contributed by atoms with Crippen LogP contribution in [-0.4, -0.2) is 48.2 Å². The predicted molar refractivity (Wildman–Crippen MR) is 131 cm³/mol. The maximum absolute atomic E-state index is 13.7. The number of methoxy groups -OCH3 is 2. The van der Waals surface area contributed by atoms with Gasteiger partial charge in [0, 0.05) is 18.0 Å². The van der Waals surface area contributed by atoms with E-state index >= 15 is 0 Å². The van der Waals surface area contributed by atoms with E-state index in [-0.39, 0.29) is 17.2 Å². The van der Waals surface area contributed by atoms with Gasteiger partial charge in [0.2, 0.25) is 11.0 Å². The highest BCUT2D eigenvalue weighted by Crippen LogP contribution is 2.44. The second kappa shape index (κ2) is 9.06. The molecular weight excluding hydrogens is 452 g/mol. The Hall–Kier alpha value is -3.46. The Balaban J connectivity index is 1.79. The highest BCUT2D eigenvalue weighted by atomic mass is 32.1. The Morgan fingerprint density at radius 2 is 1.76 bits per heavy atom. The van der Waals surface area contributed by atoms with Crippen molar-refractivity contribution in [3.63, 3.8) is 0 Å². The molecule has 2 unspecified atom stereocenters. The zero-order chi connectivity index (χ0) is 24.6. The van der Waals surface area contributed by atoms with Crippen molar-refractivity contribution in [2.75, 3.05) is 26.6 Å². The van der Waals surface area contributed by atoms with Gasteiger partial charge in [0.1, 0.15) is 5.01 Å². The first-order valence-corrected chi connectivity index (χ1v) is 11.7. The predicted octanol–water partition coefficient (Wildman–Crippen LogP) is 4.40. The lowest BCUT2D eigenvalue weighted by Crippen LogP contribution is -2.44. The van der Waals surface area contributed by atoms with E-state index in [4.69, 9.17) is 9.47 Å². The highest BCUT2D eigenvalue weighted by molar-refractivity contribution is 7.15. The summed E-state index contributed by atoms with van der Waals surface area (Å²) in [5.41, 5.74) is 1.76. The van der Waals surface area contributed by atoms with Gasteiger partial charge in [0.05, 0.1) is 26.2 Å². The lowest BCUT2D eigenvalue weighted by Gasteiger charge is -2.39.